The molecule has 0 saturated carbocycles. The summed E-state index contributed by atoms with van der Waals surface area (Å²) in [5.41, 5.74) is 2.59. The number of carbonyl (C=O) groups is 1. The first-order valence-corrected chi connectivity index (χ1v) is 5.79. The van der Waals surface area contributed by atoms with Gasteiger partial charge in [-0.25, -0.2) is 4.79 Å². The third-order valence-corrected chi connectivity index (χ3v) is 2.71. The highest BCUT2D eigenvalue weighted by Crippen LogP contribution is 2.22. The minimum Gasteiger partial charge on any atom is -0.478 e. The highest BCUT2D eigenvalue weighted by atomic mass is 16.4. The molecule has 0 radical (unpaired) electrons. The van der Waals surface area contributed by atoms with Crippen molar-refractivity contribution in [2.75, 3.05) is 24.3 Å². The minimum atomic E-state index is -1.000. The molecule has 0 saturated heterocycles. The maximum absolute atomic E-state index is 11.1. The van der Waals surface area contributed by atoms with Gasteiger partial charge in [0, 0.05) is 37.9 Å². The van der Waals surface area contributed by atoms with Crippen molar-refractivity contribution in [3.63, 3.8) is 0 Å². The van der Waals surface area contributed by atoms with Crippen LogP contribution in [0.5, 0.6) is 0 Å². The molecular weight excluding hydrogens is 242 g/mol. The first-order chi connectivity index (χ1) is 9.08. The van der Waals surface area contributed by atoms with Crippen molar-refractivity contribution in [2.45, 2.75) is 0 Å². The molecule has 0 unspecified atom stereocenters. The van der Waals surface area contributed by atoms with E-state index in [4.69, 9.17) is 5.11 Å². The fraction of sp³-hybridized carbons (Fsp3) is 0.143. The van der Waals surface area contributed by atoms with Crippen molar-refractivity contribution in [2.24, 2.45) is 0 Å². The van der Waals surface area contributed by atoms with Gasteiger partial charge in [-0.15, -0.1) is 0 Å². The second-order valence-electron chi connectivity index (χ2n) is 4.29. The second kappa shape index (κ2) is 5.39. The lowest BCUT2D eigenvalue weighted by atomic mass is 10.2. The third-order valence-electron chi connectivity index (χ3n) is 2.71. The lowest BCUT2D eigenvalue weighted by Crippen LogP contribution is -2.08. The van der Waals surface area contributed by atoms with E-state index in [-0.39, 0.29) is 5.56 Å². The number of hydrogen-bond donors (Lipinski definition) is 2. The smallest absolute Gasteiger partial charge is 0.339 e. The molecule has 1 heterocycles. The Labute approximate surface area is 111 Å². The van der Waals surface area contributed by atoms with E-state index in [9.17, 15) is 4.79 Å². The van der Waals surface area contributed by atoms with Crippen LogP contribution in [0.4, 0.5) is 17.1 Å². The number of pyridine rings is 1. The molecule has 1 aromatic carbocycles. The Balaban J connectivity index is 2.24. The monoisotopic (exact) mass is 257 g/mol. The summed E-state index contributed by atoms with van der Waals surface area (Å²) in [5, 5.41) is 12.2. The zero-order valence-corrected chi connectivity index (χ0v) is 10.8. The molecule has 19 heavy (non-hydrogen) atoms. The summed E-state index contributed by atoms with van der Waals surface area (Å²) in [6, 6.07) is 9.38. The van der Waals surface area contributed by atoms with Crippen molar-refractivity contribution in [1.29, 1.82) is 0 Å². The van der Waals surface area contributed by atoms with Crippen LogP contribution in [-0.2, 0) is 0 Å². The first kappa shape index (κ1) is 12.9. The molecule has 0 atom stereocenters. The molecule has 2 rings (SSSR count). The number of benzene rings is 1. The first-order valence-electron chi connectivity index (χ1n) is 5.79. The molecule has 0 bridgehead atoms. The minimum absolute atomic E-state index is 0.152. The van der Waals surface area contributed by atoms with Crippen molar-refractivity contribution < 1.29 is 9.90 Å². The lowest BCUT2D eigenvalue weighted by Gasteiger charge is -2.14. The van der Waals surface area contributed by atoms with E-state index in [0.29, 0.717) is 5.69 Å². The van der Waals surface area contributed by atoms with Gasteiger partial charge in [-0.05, 0) is 30.3 Å². The van der Waals surface area contributed by atoms with Crippen molar-refractivity contribution in [3.8, 4) is 0 Å². The van der Waals surface area contributed by atoms with Gasteiger partial charge in [-0.1, -0.05) is 0 Å². The van der Waals surface area contributed by atoms with E-state index in [1.807, 2.05) is 43.3 Å². The summed E-state index contributed by atoms with van der Waals surface area (Å²) in [6.07, 6.45) is 2.89. The van der Waals surface area contributed by atoms with Crippen LogP contribution in [0, 0.1) is 0 Å². The van der Waals surface area contributed by atoms with Crippen LogP contribution < -0.4 is 10.2 Å². The molecule has 0 aliphatic rings. The maximum Gasteiger partial charge on any atom is 0.339 e. The number of rotatable bonds is 4. The Morgan fingerprint density at radius 2 is 1.89 bits per heavy atom. The Hall–Kier alpha value is -2.56. The van der Waals surface area contributed by atoms with Gasteiger partial charge in [0.1, 0.15) is 5.56 Å². The lowest BCUT2D eigenvalue weighted by molar-refractivity contribution is 0.0697. The van der Waals surface area contributed by atoms with Gasteiger partial charge in [0.05, 0.1) is 5.69 Å². The quantitative estimate of drug-likeness (QED) is 0.881. The molecule has 0 spiro atoms. The van der Waals surface area contributed by atoms with Crippen LogP contribution in [0.3, 0.4) is 0 Å². The summed E-state index contributed by atoms with van der Waals surface area (Å²) < 4.78 is 0. The van der Waals surface area contributed by atoms with Crippen LogP contribution in [-0.4, -0.2) is 30.2 Å². The SMILES string of the molecule is CN(C)c1ccc(Nc2ccncc2C(=O)O)cc1. The second-order valence-corrected chi connectivity index (χ2v) is 4.29. The Bertz CT molecular complexity index is 579. The predicted octanol–water partition coefficient (Wildman–Crippen LogP) is 2.59. The molecule has 5 nitrogen and oxygen atoms in total. The number of carboxylic acid groups (broad SMARTS) is 1. The number of nitrogens with zero attached hydrogens (tertiary/aromatic N) is 2. The van der Waals surface area contributed by atoms with Gasteiger partial charge in [-0.3, -0.25) is 4.98 Å². The van der Waals surface area contributed by atoms with Crippen LogP contribution in [0.25, 0.3) is 0 Å². The molecule has 0 aliphatic heterocycles. The van der Waals surface area contributed by atoms with Crippen LogP contribution in [0.2, 0.25) is 0 Å². The fourth-order valence-corrected chi connectivity index (χ4v) is 1.67. The average molecular weight is 257 g/mol. The molecular formula is C14H15N3O2. The van der Waals surface area contributed by atoms with Gasteiger partial charge in [0.2, 0.25) is 0 Å². The summed E-state index contributed by atoms with van der Waals surface area (Å²) in [5.74, 6) is -1.000. The fourth-order valence-electron chi connectivity index (χ4n) is 1.67. The van der Waals surface area contributed by atoms with Gasteiger partial charge in [0.25, 0.3) is 0 Å². The number of aromatic carboxylic acids is 1. The number of nitrogens with one attached hydrogen (secondary N) is 1. The van der Waals surface area contributed by atoms with Crippen molar-refractivity contribution in [3.05, 3.63) is 48.3 Å². The van der Waals surface area contributed by atoms with E-state index in [1.165, 1.54) is 6.20 Å². The topological polar surface area (TPSA) is 65.5 Å². The molecule has 2 aromatic rings. The van der Waals surface area contributed by atoms with Crippen molar-refractivity contribution in [1.82, 2.24) is 4.98 Å². The van der Waals surface area contributed by atoms with Crippen LogP contribution in [0.1, 0.15) is 10.4 Å². The Morgan fingerprint density at radius 1 is 1.21 bits per heavy atom. The van der Waals surface area contributed by atoms with Crippen molar-refractivity contribution >= 4 is 23.0 Å². The number of carboxylic acids is 1. The largest absolute Gasteiger partial charge is 0.478 e. The molecule has 98 valence electrons. The van der Waals surface area contributed by atoms with Crippen LogP contribution >= 0.6 is 0 Å². The highest BCUT2D eigenvalue weighted by Gasteiger charge is 2.09. The molecule has 0 amide bonds. The number of anilines is 3. The van der Waals surface area contributed by atoms with Gasteiger partial charge in [-0.2, -0.15) is 0 Å². The van der Waals surface area contributed by atoms with Gasteiger partial charge < -0.3 is 15.3 Å². The van der Waals surface area contributed by atoms with E-state index >= 15 is 0 Å². The van der Waals surface area contributed by atoms with E-state index in [0.717, 1.165) is 11.4 Å². The summed E-state index contributed by atoms with van der Waals surface area (Å²) in [7, 11) is 3.93. The van der Waals surface area contributed by atoms with Crippen LogP contribution in [0.15, 0.2) is 42.7 Å². The summed E-state index contributed by atoms with van der Waals surface area (Å²) in [6.45, 7) is 0. The normalized spacial score (nSPS) is 10.0. The Morgan fingerprint density at radius 3 is 2.47 bits per heavy atom. The average Bonchev–Trinajstić information content (AvgIpc) is 2.39. The highest BCUT2D eigenvalue weighted by molar-refractivity contribution is 5.94. The Kier molecular flexibility index (Phi) is 3.66. The molecule has 1 aromatic heterocycles. The van der Waals surface area contributed by atoms with E-state index < -0.39 is 5.97 Å². The summed E-state index contributed by atoms with van der Waals surface area (Å²) >= 11 is 0. The predicted molar refractivity (Wildman–Crippen MR) is 75.2 cm³/mol. The van der Waals surface area contributed by atoms with Gasteiger partial charge in [0.15, 0.2) is 0 Å². The number of hydrogen-bond acceptors (Lipinski definition) is 4. The molecule has 0 aliphatic carbocycles. The third kappa shape index (κ3) is 3.01. The number of aromatic nitrogens is 1. The summed E-state index contributed by atoms with van der Waals surface area (Å²) in [4.78, 5) is 16.9. The molecule has 2 N–H and O–H groups in total. The van der Waals surface area contributed by atoms with E-state index in [2.05, 4.69) is 10.3 Å². The zero-order valence-electron chi connectivity index (χ0n) is 10.8. The maximum atomic E-state index is 11.1. The molecule has 0 fully saturated rings. The molecule has 5 heteroatoms. The zero-order chi connectivity index (χ0) is 13.8. The van der Waals surface area contributed by atoms with Gasteiger partial charge >= 0.3 is 5.97 Å². The standard InChI is InChI=1S/C14H15N3O2/c1-17(2)11-5-3-10(4-6-11)16-13-7-8-15-9-12(13)14(18)19/h3-9H,1-2H3,(H,15,16)(H,18,19). The van der Waals surface area contributed by atoms with E-state index in [1.54, 1.807) is 12.3 Å².